The van der Waals surface area contributed by atoms with Gasteiger partial charge < -0.3 is 9.53 Å². The van der Waals surface area contributed by atoms with Crippen LogP contribution in [0.4, 0.5) is 0 Å². The Balaban J connectivity index is 1.69. The fourth-order valence-corrected chi connectivity index (χ4v) is 6.94. The van der Waals surface area contributed by atoms with Crippen molar-refractivity contribution in [2.45, 2.75) is 104 Å². The first-order valence-electron chi connectivity index (χ1n) is 11.2. The number of rotatable bonds is 4. The molecule has 3 heteroatoms. The van der Waals surface area contributed by atoms with E-state index < -0.39 is 8.32 Å². The lowest BCUT2D eigenvalue weighted by Crippen LogP contribution is -2.41. The molecule has 1 unspecified atom stereocenters. The van der Waals surface area contributed by atoms with Crippen LogP contribution in [0.1, 0.15) is 79.6 Å². The molecule has 5 atom stereocenters. The summed E-state index contributed by atoms with van der Waals surface area (Å²) in [6, 6.07) is 0. The molecule has 27 heavy (non-hydrogen) atoms. The Kier molecular flexibility index (Phi) is 5.78. The van der Waals surface area contributed by atoms with Crippen LogP contribution in [0.3, 0.4) is 0 Å². The highest BCUT2D eigenvalue weighted by atomic mass is 28.4. The van der Waals surface area contributed by atoms with E-state index in [0.29, 0.717) is 23.2 Å². The maximum absolute atomic E-state index is 10.5. The molecule has 0 spiro atoms. The Morgan fingerprint density at radius 2 is 1.93 bits per heavy atom. The summed E-state index contributed by atoms with van der Waals surface area (Å²) in [5.74, 6) is 3.03. The standard InChI is InChI=1S/C24H42O2Si/c1-17(20-12-13-21-22(25)9-8-14-24(20,21)5)15-18-10-11-19(16-18)26-27(6,7)23(2,3)4/h15-17,20-22,25H,8-14H2,1-7H3/t17-,20-,21?,22+,24-/m1/s1. The van der Waals surface area contributed by atoms with E-state index in [2.05, 4.69) is 59.9 Å². The zero-order valence-corrected chi connectivity index (χ0v) is 19.8. The number of allylic oxidation sites excluding steroid dienone is 4. The fraction of sp³-hybridized carbons (Fsp3) is 0.833. The summed E-state index contributed by atoms with van der Waals surface area (Å²) in [6.45, 7) is 16.5. The first-order valence-corrected chi connectivity index (χ1v) is 14.1. The number of aliphatic hydroxyl groups excluding tert-OH is 1. The third-order valence-electron chi connectivity index (χ3n) is 8.47. The van der Waals surface area contributed by atoms with Gasteiger partial charge >= 0.3 is 0 Å². The number of hydrogen-bond donors (Lipinski definition) is 1. The zero-order chi connectivity index (χ0) is 20.0. The molecule has 3 aliphatic carbocycles. The minimum Gasteiger partial charge on any atom is -0.546 e. The monoisotopic (exact) mass is 390 g/mol. The summed E-state index contributed by atoms with van der Waals surface area (Å²) in [6.07, 6.45) is 13.0. The molecule has 2 nitrogen and oxygen atoms in total. The maximum atomic E-state index is 10.5. The summed E-state index contributed by atoms with van der Waals surface area (Å²) >= 11 is 0. The molecule has 3 aliphatic rings. The van der Waals surface area contributed by atoms with E-state index in [1.54, 1.807) is 0 Å². The lowest BCUT2D eigenvalue weighted by Gasteiger charge is -2.44. The van der Waals surface area contributed by atoms with E-state index in [1.807, 2.05) is 0 Å². The second kappa shape index (κ2) is 7.37. The minimum atomic E-state index is -1.73. The van der Waals surface area contributed by atoms with Crippen LogP contribution < -0.4 is 0 Å². The van der Waals surface area contributed by atoms with Crippen molar-refractivity contribution in [3.8, 4) is 0 Å². The Hall–Kier alpha value is -0.543. The Morgan fingerprint density at radius 3 is 2.59 bits per heavy atom. The molecule has 0 saturated heterocycles. The average Bonchev–Trinajstić information content (AvgIpc) is 3.10. The number of hydrogen-bond acceptors (Lipinski definition) is 2. The van der Waals surface area contributed by atoms with Crippen molar-refractivity contribution in [2.75, 3.05) is 0 Å². The van der Waals surface area contributed by atoms with Gasteiger partial charge in [0.15, 0.2) is 0 Å². The molecular formula is C24H42O2Si. The van der Waals surface area contributed by atoms with Gasteiger partial charge in [-0.3, -0.25) is 0 Å². The van der Waals surface area contributed by atoms with Crippen LogP contribution in [0, 0.1) is 23.2 Å². The molecule has 0 bridgehead atoms. The Labute approximate surface area is 168 Å². The highest BCUT2D eigenvalue weighted by Crippen LogP contribution is 2.58. The van der Waals surface area contributed by atoms with Crippen LogP contribution in [0.25, 0.3) is 0 Å². The first-order chi connectivity index (χ1) is 12.4. The van der Waals surface area contributed by atoms with Gasteiger partial charge in [-0.2, -0.15) is 0 Å². The van der Waals surface area contributed by atoms with Gasteiger partial charge in [0.2, 0.25) is 8.32 Å². The Morgan fingerprint density at radius 1 is 1.22 bits per heavy atom. The number of aliphatic hydroxyl groups is 1. The molecule has 0 heterocycles. The molecule has 0 aromatic rings. The lowest BCUT2D eigenvalue weighted by atomic mass is 9.62. The summed E-state index contributed by atoms with van der Waals surface area (Å²) < 4.78 is 6.55. The molecule has 2 saturated carbocycles. The summed E-state index contributed by atoms with van der Waals surface area (Å²) in [5.41, 5.74) is 1.80. The zero-order valence-electron chi connectivity index (χ0n) is 18.8. The van der Waals surface area contributed by atoms with Crippen molar-refractivity contribution in [1.29, 1.82) is 0 Å². The van der Waals surface area contributed by atoms with Gasteiger partial charge in [0.05, 0.1) is 11.9 Å². The number of fused-ring (bicyclic) bond motifs is 1. The molecule has 0 aliphatic heterocycles. The summed E-state index contributed by atoms with van der Waals surface area (Å²) in [4.78, 5) is 0. The largest absolute Gasteiger partial charge is 0.546 e. The van der Waals surface area contributed by atoms with E-state index in [-0.39, 0.29) is 11.1 Å². The van der Waals surface area contributed by atoms with Gasteiger partial charge in [-0.25, -0.2) is 0 Å². The molecule has 0 aromatic carbocycles. The Bertz CT molecular complexity index is 612. The van der Waals surface area contributed by atoms with Crippen molar-refractivity contribution in [3.05, 3.63) is 23.5 Å². The third kappa shape index (κ3) is 4.10. The SMILES string of the molecule is C[C@H](C=C1C=C(O[Si](C)(C)C(C)(C)C)CC1)[C@H]1CCC2[C@@H](O)CCC[C@@]21C. The van der Waals surface area contributed by atoms with Crippen molar-refractivity contribution in [3.63, 3.8) is 0 Å². The van der Waals surface area contributed by atoms with Crippen LogP contribution in [0.15, 0.2) is 23.5 Å². The lowest BCUT2D eigenvalue weighted by molar-refractivity contribution is -0.0231. The van der Waals surface area contributed by atoms with E-state index in [0.717, 1.165) is 19.3 Å². The second-order valence-electron chi connectivity index (χ2n) is 11.3. The van der Waals surface area contributed by atoms with Crippen molar-refractivity contribution in [1.82, 2.24) is 0 Å². The van der Waals surface area contributed by atoms with Crippen LogP contribution in [0.5, 0.6) is 0 Å². The van der Waals surface area contributed by atoms with Crippen LogP contribution >= 0.6 is 0 Å². The molecule has 154 valence electrons. The predicted molar refractivity (Wildman–Crippen MR) is 117 cm³/mol. The first kappa shape index (κ1) is 21.2. The van der Waals surface area contributed by atoms with Gasteiger partial charge in [0.25, 0.3) is 0 Å². The van der Waals surface area contributed by atoms with E-state index in [4.69, 9.17) is 4.43 Å². The molecule has 0 aromatic heterocycles. The molecule has 0 radical (unpaired) electrons. The fourth-order valence-electron chi connectivity index (χ4n) is 5.82. The normalized spacial score (nSPS) is 37.3. The van der Waals surface area contributed by atoms with Gasteiger partial charge in [-0.05, 0) is 85.1 Å². The van der Waals surface area contributed by atoms with E-state index in [9.17, 15) is 5.11 Å². The third-order valence-corrected chi connectivity index (χ3v) is 12.9. The maximum Gasteiger partial charge on any atom is 0.250 e. The van der Waals surface area contributed by atoms with Gasteiger partial charge in [0.1, 0.15) is 0 Å². The molecule has 3 rings (SSSR count). The van der Waals surface area contributed by atoms with E-state index in [1.165, 1.54) is 37.0 Å². The smallest absolute Gasteiger partial charge is 0.250 e. The summed E-state index contributed by atoms with van der Waals surface area (Å²) in [5, 5.41) is 10.8. The molecule has 2 fully saturated rings. The highest BCUT2D eigenvalue weighted by molar-refractivity contribution is 6.74. The van der Waals surface area contributed by atoms with Crippen LogP contribution in [-0.4, -0.2) is 19.5 Å². The molecular weight excluding hydrogens is 348 g/mol. The van der Waals surface area contributed by atoms with Crippen molar-refractivity contribution in [2.24, 2.45) is 23.2 Å². The average molecular weight is 391 g/mol. The molecule has 1 N–H and O–H groups in total. The predicted octanol–water partition coefficient (Wildman–Crippen LogP) is 6.83. The summed E-state index contributed by atoms with van der Waals surface area (Å²) in [7, 11) is -1.73. The van der Waals surface area contributed by atoms with Gasteiger partial charge in [-0.1, -0.05) is 47.1 Å². The van der Waals surface area contributed by atoms with E-state index >= 15 is 0 Å². The quantitative estimate of drug-likeness (QED) is 0.533. The van der Waals surface area contributed by atoms with Crippen molar-refractivity contribution >= 4 is 8.32 Å². The van der Waals surface area contributed by atoms with Crippen LogP contribution in [-0.2, 0) is 4.43 Å². The highest BCUT2D eigenvalue weighted by Gasteiger charge is 2.52. The molecule has 0 amide bonds. The second-order valence-corrected chi connectivity index (χ2v) is 16.1. The van der Waals surface area contributed by atoms with Crippen molar-refractivity contribution < 1.29 is 9.53 Å². The minimum absolute atomic E-state index is 0.0652. The van der Waals surface area contributed by atoms with Gasteiger partial charge in [-0.15, -0.1) is 0 Å². The van der Waals surface area contributed by atoms with Crippen LogP contribution in [0.2, 0.25) is 18.1 Å². The topological polar surface area (TPSA) is 29.5 Å². The van der Waals surface area contributed by atoms with Gasteiger partial charge in [0, 0.05) is 6.42 Å².